The first-order valence-corrected chi connectivity index (χ1v) is 9.02. The van der Waals surface area contributed by atoms with Gasteiger partial charge in [-0.15, -0.1) is 0 Å². The Bertz CT molecular complexity index is 526. The molecule has 132 valence electrons. The smallest absolute Gasteiger partial charge is 0.319 e. The predicted octanol–water partition coefficient (Wildman–Crippen LogP) is 2.13. The van der Waals surface area contributed by atoms with Gasteiger partial charge in [0, 0.05) is 39.3 Å². The molecule has 2 aliphatic heterocycles. The van der Waals surface area contributed by atoms with Gasteiger partial charge in [0.1, 0.15) is 0 Å². The van der Waals surface area contributed by atoms with Crippen LogP contribution >= 0.6 is 0 Å². The summed E-state index contributed by atoms with van der Waals surface area (Å²) in [6.07, 6.45) is 3.74. The molecule has 0 saturated carbocycles. The van der Waals surface area contributed by atoms with Crippen LogP contribution < -0.4 is 15.5 Å². The van der Waals surface area contributed by atoms with Crippen molar-refractivity contribution in [3.63, 3.8) is 0 Å². The van der Waals surface area contributed by atoms with E-state index in [1.807, 2.05) is 18.2 Å². The normalized spacial score (nSPS) is 19.1. The Kier molecular flexibility index (Phi) is 6.32. The van der Waals surface area contributed by atoms with E-state index in [-0.39, 0.29) is 6.03 Å². The molecule has 1 aromatic carbocycles. The number of morpholine rings is 1. The fourth-order valence-corrected chi connectivity index (χ4v) is 3.31. The maximum atomic E-state index is 12.2. The predicted molar refractivity (Wildman–Crippen MR) is 96.8 cm³/mol. The molecule has 0 aromatic heterocycles. The summed E-state index contributed by atoms with van der Waals surface area (Å²) in [6, 6.07) is 7.94. The molecule has 2 amide bonds. The number of nitrogens with one attached hydrogen (secondary N) is 2. The number of hydrogen-bond donors (Lipinski definition) is 2. The van der Waals surface area contributed by atoms with Crippen molar-refractivity contribution in [3.8, 4) is 0 Å². The standard InChI is InChI=1S/C18H28N4O2/c23-18(19-8-11-21-12-14-24-15-13-21)20-16-6-2-3-7-17(16)22-9-4-1-5-10-22/h2-3,6-7H,1,4-5,8-15H2,(H2,19,20,23). The molecule has 2 heterocycles. The lowest BCUT2D eigenvalue weighted by Crippen LogP contribution is -2.42. The number of hydrogen-bond acceptors (Lipinski definition) is 4. The van der Waals surface area contributed by atoms with Crippen LogP contribution in [0.3, 0.4) is 0 Å². The molecule has 24 heavy (non-hydrogen) atoms. The number of ether oxygens (including phenoxy) is 1. The Morgan fingerprint density at radius 1 is 1.04 bits per heavy atom. The molecule has 1 aromatic rings. The molecular formula is C18H28N4O2. The Morgan fingerprint density at radius 2 is 1.79 bits per heavy atom. The molecule has 0 aliphatic carbocycles. The number of carbonyl (C=O) groups is 1. The number of piperidine rings is 1. The first-order chi connectivity index (χ1) is 11.8. The first kappa shape index (κ1) is 17.0. The first-order valence-electron chi connectivity index (χ1n) is 9.02. The number of benzene rings is 1. The van der Waals surface area contributed by atoms with E-state index in [1.165, 1.54) is 19.3 Å². The van der Waals surface area contributed by atoms with E-state index < -0.39 is 0 Å². The van der Waals surface area contributed by atoms with E-state index in [1.54, 1.807) is 0 Å². The largest absolute Gasteiger partial charge is 0.379 e. The van der Waals surface area contributed by atoms with Crippen LogP contribution in [0.1, 0.15) is 19.3 Å². The van der Waals surface area contributed by atoms with Crippen LogP contribution in [0, 0.1) is 0 Å². The van der Waals surface area contributed by atoms with E-state index in [4.69, 9.17) is 4.74 Å². The Labute approximate surface area is 144 Å². The van der Waals surface area contributed by atoms with Gasteiger partial charge in [0.15, 0.2) is 0 Å². The van der Waals surface area contributed by atoms with E-state index >= 15 is 0 Å². The number of anilines is 2. The van der Waals surface area contributed by atoms with Crippen LogP contribution in [-0.4, -0.2) is 63.4 Å². The maximum absolute atomic E-state index is 12.2. The summed E-state index contributed by atoms with van der Waals surface area (Å²) in [6.45, 7) is 7.12. The summed E-state index contributed by atoms with van der Waals surface area (Å²) in [5, 5.41) is 5.97. The van der Waals surface area contributed by atoms with E-state index in [9.17, 15) is 4.79 Å². The maximum Gasteiger partial charge on any atom is 0.319 e. The molecule has 0 atom stereocenters. The molecule has 2 N–H and O–H groups in total. The van der Waals surface area contributed by atoms with Gasteiger partial charge in [-0.25, -0.2) is 4.79 Å². The van der Waals surface area contributed by atoms with Crippen LogP contribution in [0.4, 0.5) is 16.2 Å². The van der Waals surface area contributed by atoms with Crippen LogP contribution in [0.5, 0.6) is 0 Å². The number of carbonyl (C=O) groups excluding carboxylic acids is 1. The lowest BCUT2D eigenvalue weighted by Gasteiger charge is -2.30. The van der Waals surface area contributed by atoms with Gasteiger partial charge in [-0.1, -0.05) is 12.1 Å². The van der Waals surface area contributed by atoms with Crippen molar-refractivity contribution in [1.82, 2.24) is 10.2 Å². The van der Waals surface area contributed by atoms with Crippen molar-refractivity contribution in [2.45, 2.75) is 19.3 Å². The molecule has 0 spiro atoms. The number of amides is 2. The van der Waals surface area contributed by atoms with Gasteiger partial charge >= 0.3 is 6.03 Å². The monoisotopic (exact) mass is 332 g/mol. The minimum Gasteiger partial charge on any atom is -0.379 e. The zero-order valence-electron chi connectivity index (χ0n) is 14.3. The van der Waals surface area contributed by atoms with Crippen molar-refractivity contribution in [3.05, 3.63) is 24.3 Å². The summed E-state index contributed by atoms with van der Waals surface area (Å²) >= 11 is 0. The highest BCUT2D eigenvalue weighted by Crippen LogP contribution is 2.28. The van der Waals surface area contributed by atoms with Crippen LogP contribution in [0.2, 0.25) is 0 Å². The van der Waals surface area contributed by atoms with Gasteiger partial charge in [-0.3, -0.25) is 4.90 Å². The summed E-state index contributed by atoms with van der Waals surface area (Å²) < 4.78 is 5.33. The van der Waals surface area contributed by atoms with Gasteiger partial charge in [0.25, 0.3) is 0 Å². The molecule has 2 fully saturated rings. The van der Waals surface area contributed by atoms with Gasteiger partial charge in [-0.2, -0.15) is 0 Å². The third-order valence-corrected chi connectivity index (χ3v) is 4.67. The number of rotatable bonds is 5. The molecule has 0 radical (unpaired) electrons. The van der Waals surface area contributed by atoms with Crippen molar-refractivity contribution in [2.75, 3.05) is 62.7 Å². The molecule has 3 rings (SSSR count). The second kappa shape index (κ2) is 8.89. The third kappa shape index (κ3) is 4.85. The number of urea groups is 1. The van der Waals surface area contributed by atoms with Crippen LogP contribution in [0.15, 0.2) is 24.3 Å². The van der Waals surface area contributed by atoms with Crippen molar-refractivity contribution in [2.24, 2.45) is 0 Å². The van der Waals surface area contributed by atoms with E-state index in [0.29, 0.717) is 6.54 Å². The molecule has 0 unspecified atom stereocenters. The highest BCUT2D eigenvalue weighted by atomic mass is 16.5. The summed E-state index contributed by atoms with van der Waals surface area (Å²) in [5.74, 6) is 0. The fourth-order valence-electron chi connectivity index (χ4n) is 3.31. The average molecular weight is 332 g/mol. The Morgan fingerprint density at radius 3 is 2.58 bits per heavy atom. The van der Waals surface area contributed by atoms with Crippen molar-refractivity contribution >= 4 is 17.4 Å². The van der Waals surface area contributed by atoms with Gasteiger partial charge in [0.2, 0.25) is 0 Å². The average Bonchev–Trinajstić information content (AvgIpc) is 2.64. The molecule has 2 aliphatic rings. The number of para-hydroxylation sites is 2. The van der Waals surface area contributed by atoms with Crippen molar-refractivity contribution < 1.29 is 9.53 Å². The zero-order chi connectivity index (χ0) is 16.6. The van der Waals surface area contributed by atoms with E-state index in [2.05, 4.69) is 26.5 Å². The summed E-state index contributed by atoms with van der Waals surface area (Å²) in [5.41, 5.74) is 2.02. The lowest BCUT2D eigenvalue weighted by molar-refractivity contribution is 0.0388. The summed E-state index contributed by atoms with van der Waals surface area (Å²) in [4.78, 5) is 16.9. The fraction of sp³-hybridized carbons (Fsp3) is 0.611. The minimum absolute atomic E-state index is 0.132. The molecule has 6 nitrogen and oxygen atoms in total. The Balaban J connectivity index is 1.48. The van der Waals surface area contributed by atoms with Gasteiger partial charge in [0.05, 0.1) is 24.6 Å². The highest BCUT2D eigenvalue weighted by Gasteiger charge is 2.15. The van der Waals surface area contributed by atoms with Gasteiger partial charge in [-0.05, 0) is 31.4 Å². The van der Waals surface area contributed by atoms with Crippen LogP contribution in [-0.2, 0) is 4.74 Å². The zero-order valence-corrected chi connectivity index (χ0v) is 14.3. The molecule has 2 saturated heterocycles. The Hall–Kier alpha value is -1.79. The lowest BCUT2D eigenvalue weighted by atomic mass is 10.1. The molecule has 6 heteroatoms. The highest BCUT2D eigenvalue weighted by molar-refractivity contribution is 5.93. The SMILES string of the molecule is O=C(NCCN1CCOCC1)Nc1ccccc1N1CCCCC1. The molecule has 0 bridgehead atoms. The second-order valence-corrected chi connectivity index (χ2v) is 6.40. The van der Waals surface area contributed by atoms with Crippen molar-refractivity contribution in [1.29, 1.82) is 0 Å². The number of nitrogens with zero attached hydrogens (tertiary/aromatic N) is 2. The minimum atomic E-state index is -0.132. The summed E-state index contributed by atoms with van der Waals surface area (Å²) in [7, 11) is 0. The molecular weight excluding hydrogens is 304 g/mol. The second-order valence-electron chi connectivity index (χ2n) is 6.40. The topological polar surface area (TPSA) is 56.8 Å². The quantitative estimate of drug-likeness (QED) is 0.867. The third-order valence-electron chi connectivity index (χ3n) is 4.67. The van der Waals surface area contributed by atoms with Crippen LogP contribution in [0.25, 0.3) is 0 Å². The van der Waals surface area contributed by atoms with E-state index in [0.717, 1.165) is 57.3 Å². The van der Waals surface area contributed by atoms with Gasteiger partial charge < -0.3 is 20.3 Å².